The van der Waals surface area contributed by atoms with E-state index in [1.807, 2.05) is 6.07 Å². The van der Waals surface area contributed by atoms with Gasteiger partial charge in [-0.05, 0) is 23.5 Å². The van der Waals surface area contributed by atoms with Crippen molar-refractivity contribution in [1.29, 1.82) is 0 Å². The van der Waals surface area contributed by atoms with E-state index in [2.05, 4.69) is 51.3 Å². The fourth-order valence-electron chi connectivity index (χ4n) is 2.17. The minimum absolute atomic E-state index is 0.390. The molecule has 0 unspecified atom stereocenters. The summed E-state index contributed by atoms with van der Waals surface area (Å²) in [6, 6.07) is 8.31. The van der Waals surface area contributed by atoms with Crippen molar-refractivity contribution in [2.45, 2.75) is 39.5 Å². The fraction of sp³-hybridized carbons (Fsp3) is 0.400. The van der Waals surface area contributed by atoms with E-state index in [0.717, 1.165) is 22.3 Å². The average molecular weight is 243 g/mol. The second-order valence-electron chi connectivity index (χ2n) is 5.29. The van der Waals surface area contributed by atoms with Crippen LogP contribution in [0.15, 0.2) is 24.3 Å². The molecule has 2 rings (SSSR count). The van der Waals surface area contributed by atoms with Gasteiger partial charge < -0.3 is 5.43 Å². The maximum Gasteiger partial charge on any atom is 0.0761 e. The second-order valence-corrected chi connectivity index (χ2v) is 5.29. The van der Waals surface area contributed by atoms with E-state index in [1.165, 1.54) is 5.56 Å². The van der Waals surface area contributed by atoms with Crippen molar-refractivity contribution in [3.8, 4) is 0 Å². The van der Waals surface area contributed by atoms with E-state index in [4.69, 9.17) is 10.8 Å². The molecule has 0 atom stereocenters. The van der Waals surface area contributed by atoms with Gasteiger partial charge in [-0.2, -0.15) is 0 Å². The molecule has 0 aliphatic heterocycles. The number of para-hydroxylation sites is 1. The number of benzene rings is 1. The van der Waals surface area contributed by atoms with Crippen molar-refractivity contribution in [2.75, 3.05) is 5.43 Å². The molecular weight excluding hydrogens is 222 g/mol. The number of rotatable bonds is 3. The van der Waals surface area contributed by atoms with Crippen LogP contribution in [0.2, 0.25) is 0 Å². The highest BCUT2D eigenvalue weighted by molar-refractivity contribution is 5.93. The molecule has 2 aromatic rings. The number of nitrogens with zero attached hydrogens (tertiary/aromatic N) is 1. The van der Waals surface area contributed by atoms with Crippen LogP contribution < -0.4 is 11.3 Å². The molecule has 0 radical (unpaired) electrons. The number of fused-ring (bicyclic) bond motifs is 1. The number of nitrogens with two attached hydrogens (primary N) is 1. The minimum atomic E-state index is 0.390. The summed E-state index contributed by atoms with van der Waals surface area (Å²) in [5, 5.41) is 1.09. The third kappa shape index (κ3) is 2.18. The van der Waals surface area contributed by atoms with E-state index >= 15 is 0 Å². The van der Waals surface area contributed by atoms with Gasteiger partial charge in [0.25, 0.3) is 0 Å². The Morgan fingerprint density at radius 2 is 1.83 bits per heavy atom. The third-order valence-corrected chi connectivity index (χ3v) is 3.26. The molecule has 0 saturated carbocycles. The van der Waals surface area contributed by atoms with Crippen LogP contribution in [-0.4, -0.2) is 4.98 Å². The summed E-state index contributed by atoms with van der Waals surface area (Å²) in [4.78, 5) is 4.81. The first-order valence-corrected chi connectivity index (χ1v) is 6.44. The zero-order valence-electron chi connectivity index (χ0n) is 11.5. The van der Waals surface area contributed by atoms with E-state index in [0.29, 0.717) is 11.8 Å². The molecule has 1 aromatic heterocycles. The highest BCUT2D eigenvalue weighted by Crippen LogP contribution is 2.30. The lowest BCUT2D eigenvalue weighted by molar-refractivity contribution is 0.823. The molecule has 0 spiro atoms. The lowest BCUT2D eigenvalue weighted by Gasteiger charge is -2.15. The summed E-state index contributed by atoms with van der Waals surface area (Å²) in [5.41, 5.74) is 7.15. The highest BCUT2D eigenvalue weighted by atomic mass is 15.2. The van der Waals surface area contributed by atoms with Crippen LogP contribution >= 0.6 is 0 Å². The van der Waals surface area contributed by atoms with Gasteiger partial charge >= 0.3 is 0 Å². The summed E-state index contributed by atoms with van der Waals surface area (Å²) >= 11 is 0. The Balaban J connectivity index is 2.79. The molecule has 0 amide bonds. The standard InChI is InChI=1S/C15H21N3/c1-9(2)11-6-5-7-12-14(18-16)8-13(10(3)4)17-15(11)12/h5-10H,16H2,1-4H3,(H,17,18). The molecule has 96 valence electrons. The molecule has 0 saturated heterocycles. The molecule has 18 heavy (non-hydrogen) atoms. The predicted molar refractivity (Wildman–Crippen MR) is 77.7 cm³/mol. The zero-order chi connectivity index (χ0) is 13.3. The zero-order valence-corrected chi connectivity index (χ0v) is 11.5. The van der Waals surface area contributed by atoms with Crippen LogP contribution in [-0.2, 0) is 0 Å². The van der Waals surface area contributed by atoms with Gasteiger partial charge in [-0.1, -0.05) is 45.9 Å². The first-order valence-electron chi connectivity index (χ1n) is 6.44. The van der Waals surface area contributed by atoms with Crippen molar-refractivity contribution < 1.29 is 0 Å². The van der Waals surface area contributed by atoms with E-state index < -0.39 is 0 Å². The van der Waals surface area contributed by atoms with Crippen LogP contribution in [0, 0.1) is 0 Å². The smallest absolute Gasteiger partial charge is 0.0761 e. The third-order valence-electron chi connectivity index (χ3n) is 3.26. The van der Waals surface area contributed by atoms with Crippen molar-refractivity contribution in [3.05, 3.63) is 35.5 Å². The Morgan fingerprint density at radius 1 is 1.11 bits per heavy atom. The van der Waals surface area contributed by atoms with Gasteiger partial charge in [-0.15, -0.1) is 0 Å². The summed E-state index contributed by atoms with van der Waals surface area (Å²) < 4.78 is 0. The molecule has 1 aromatic carbocycles. The van der Waals surface area contributed by atoms with Crippen LogP contribution in [0.5, 0.6) is 0 Å². The van der Waals surface area contributed by atoms with Gasteiger partial charge in [0.2, 0.25) is 0 Å². The number of anilines is 1. The van der Waals surface area contributed by atoms with Crippen molar-refractivity contribution in [3.63, 3.8) is 0 Å². The number of nitrogens with one attached hydrogen (secondary N) is 1. The number of aromatic nitrogens is 1. The lowest BCUT2D eigenvalue weighted by atomic mass is 9.97. The van der Waals surface area contributed by atoms with E-state index in [1.54, 1.807) is 0 Å². The summed E-state index contributed by atoms with van der Waals surface area (Å²) in [7, 11) is 0. The maximum atomic E-state index is 5.63. The molecule has 3 N–H and O–H groups in total. The predicted octanol–water partition coefficient (Wildman–Crippen LogP) is 3.77. The monoisotopic (exact) mass is 243 g/mol. The number of hydrogen-bond donors (Lipinski definition) is 2. The molecule has 0 bridgehead atoms. The van der Waals surface area contributed by atoms with E-state index in [-0.39, 0.29) is 0 Å². The number of nitrogen functional groups attached to an aromatic ring is 1. The number of hydrazine groups is 1. The molecular formula is C15H21N3. The number of hydrogen-bond acceptors (Lipinski definition) is 3. The SMILES string of the molecule is CC(C)c1cc(NN)c2cccc(C(C)C)c2n1. The minimum Gasteiger partial charge on any atom is -0.323 e. The van der Waals surface area contributed by atoms with Crippen molar-refractivity contribution >= 4 is 16.6 Å². The Bertz CT molecular complexity index is 559. The van der Waals surface area contributed by atoms with E-state index in [9.17, 15) is 0 Å². The van der Waals surface area contributed by atoms with Crippen LogP contribution in [0.25, 0.3) is 10.9 Å². The molecule has 3 nitrogen and oxygen atoms in total. The van der Waals surface area contributed by atoms with Gasteiger partial charge in [0, 0.05) is 11.1 Å². The quantitative estimate of drug-likeness (QED) is 0.637. The van der Waals surface area contributed by atoms with Crippen molar-refractivity contribution in [1.82, 2.24) is 4.98 Å². The van der Waals surface area contributed by atoms with Crippen LogP contribution in [0.3, 0.4) is 0 Å². The topological polar surface area (TPSA) is 50.9 Å². The van der Waals surface area contributed by atoms with Gasteiger partial charge in [-0.25, -0.2) is 0 Å². The second kappa shape index (κ2) is 4.94. The largest absolute Gasteiger partial charge is 0.323 e. The number of pyridine rings is 1. The van der Waals surface area contributed by atoms with Gasteiger partial charge in [0.05, 0.1) is 11.2 Å². The van der Waals surface area contributed by atoms with Crippen LogP contribution in [0.1, 0.15) is 50.8 Å². The summed E-state index contributed by atoms with van der Waals surface area (Å²) in [6.07, 6.45) is 0. The Labute approximate surface area is 108 Å². The first kappa shape index (κ1) is 12.8. The van der Waals surface area contributed by atoms with Gasteiger partial charge in [0.15, 0.2) is 0 Å². The van der Waals surface area contributed by atoms with Crippen molar-refractivity contribution in [2.24, 2.45) is 5.84 Å². The normalized spacial score (nSPS) is 11.5. The Hall–Kier alpha value is -1.61. The Kier molecular flexibility index (Phi) is 3.53. The van der Waals surface area contributed by atoms with Crippen LogP contribution in [0.4, 0.5) is 5.69 Å². The Morgan fingerprint density at radius 3 is 2.39 bits per heavy atom. The highest BCUT2D eigenvalue weighted by Gasteiger charge is 2.12. The lowest BCUT2D eigenvalue weighted by Crippen LogP contribution is -2.09. The summed E-state index contributed by atoms with van der Waals surface area (Å²) in [5.74, 6) is 6.48. The first-order chi connectivity index (χ1) is 8.54. The molecule has 3 heteroatoms. The molecule has 0 aliphatic rings. The maximum absolute atomic E-state index is 5.63. The van der Waals surface area contributed by atoms with Gasteiger partial charge in [0.1, 0.15) is 0 Å². The fourth-order valence-corrected chi connectivity index (χ4v) is 2.17. The molecule has 1 heterocycles. The molecule has 0 fully saturated rings. The van der Waals surface area contributed by atoms with Gasteiger partial charge in [-0.3, -0.25) is 10.8 Å². The molecule has 0 aliphatic carbocycles. The summed E-state index contributed by atoms with van der Waals surface area (Å²) in [6.45, 7) is 8.67. The average Bonchev–Trinajstić information content (AvgIpc) is 2.36.